The molecule has 0 radical (unpaired) electrons. The normalized spacial score (nSPS) is 26.7. The predicted molar refractivity (Wildman–Crippen MR) is 131 cm³/mol. The Morgan fingerprint density at radius 2 is 2.03 bits per heavy atom. The van der Waals surface area contributed by atoms with Crippen molar-refractivity contribution < 1.29 is 14.6 Å². The monoisotopic (exact) mass is 487 g/mol. The van der Waals surface area contributed by atoms with Gasteiger partial charge in [-0.1, -0.05) is 0 Å². The van der Waals surface area contributed by atoms with Gasteiger partial charge in [0.15, 0.2) is 0 Å². The number of pyridine rings is 1. The summed E-state index contributed by atoms with van der Waals surface area (Å²) in [4.78, 5) is 23.2. The number of nitrogens with zero attached hydrogens (tertiary/aromatic N) is 6. The van der Waals surface area contributed by atoms with Gasteiger partial charge in [0, 0.05) is 23.2 Å². The lowest BCUT2D eigenvalue weighted by Gasteiger charge is -2.61. The molecule has 0 unspecified atom stereocenters. The second-order valence-corrected chi connectivity index (χ2v) is 11.1. The predicted octanol–water partition coefficient (Wildman–Crippen LogP) is 2.45. The standard InChI is InChI=1S/C26H29N7O3/c1-25(2,35)14-36-20-5-21(24-17(9-27)10-31-32(24)13-20)22-11-29-23(12-28-22)33-18-3-16-4-19(33)8-26(6-16,7-18)30-15-34/h5,10-13,15-16,18-19,35H,3-4,6-8,14H2,1-2H3,(H,30,34)/t16-,18-,19+,26-. The third kappa shape index (κ3) is 3.84. The van der Waals surface area contributed by atoms with Crippen LogP contribution in [0.1, 0.15) is 51.5 Å². The molecule has 10 nitrogen and oxygen atoms in total. The number of fused-ring (bicyclic) bond motifs is 1. The summed E-state index contributed by atoms with van der Waals surface area (Å²) in [5.74, 6) is 1.99. The SMILES string of the molecule is CC(C)(O)COc1cc(-c2cnc(N3[C@@H]4C[C@@H]5C[C@H]3C[C@@](NC=O)(C5)C4)cn2)c2c(C#N)cnn2c1. The first-order valence-electron chi connectivity index (χ1n) is 12.4. The summed E-state index contributed by atoms with van der Waals surface area (Å²) in [6.45, 7) is 3.46. The molecule has 2 aliphatic heterocycles. The number of nitrogens with one attached hydrogen (secondary N) is 1. The summed E-state index contributed by atoms with van der Waals surface area (Å²) in [6, 6.07) is 4.69. The van der Waals surface area contributed by atoms with Crippen molar-refractivity contribution in [2.45, 2.75) is 69.2 Å². The van der Waals surface area contributed by atoms with Crippen molar-refractivity contribution in [2.75, 3.05) is 11.5 Å². The lowest BCUT2D eigenvalue weighted by Crippen LogP contribution is -2.68. The highest BCUT2D eigenvalue weighted by Crippen LogP contribution is 2.52. The van der Waals surface area contributed by atoms with Crippen molar-refractivity contribution in [1.29, 1.82) is 5.26 Å². The van der Waals surface area contributed by atoms with Gasteiger partial charge in [0.25, 0.3) is 0 Å². The van der Waals surface area contributed by atoms with E-state index in [1.807, 2.05) is 6.07 Å². The summed E-state index contributed by atoms with van der Waals surface area (Å²) in [5.41, 5.74) is 1.29. The maximum atomic E-state index is 11.3. The summed E-state index contributed by atoms with van der Waals surface area (Å²) >= 11 is 0. The third-order valence-electron chi connectivity index (χ3n) is 7.77. The number of hydrogen-bond acceptors (Lipinski definition) is 8. The van der Waals surface area contributed by atoms with Crippen LogP contribution in [-0.4, -0.2) is 60.9 Å². The molecule has 186 valence electrons. The molecule has 2 saturated carbocycles. The van der Waals surface area contributed by atoms with Gasteiger partial charge in [-0.15, -0.1) is 0 Å². The van der Waals surface area contributed by atoms with E-state index in [-0.39, 0.29) is 12.1 Å². The van der Waals surface area contributed by atoms with Gasteiger partial charge >= 0.3 is 0 Å². The zero-order valence-corrected chi connectivity index (χ0v) is 20.4. The van der Waals surface area contributed by atoms with Gasteiger partial charge in [-0.05, 0) is 57.9 Å². The topological polar surface area (TPSA) is 129 Å². The molecule has 4 bridgehead atoms. The molecule has 2 N–H and O–H groups in total. The van der Waals surface area contributed by atoms with Gasteiger partial charge in [0.05, 0.1) is 47.2 Å². The minimum Gasteiger partial charge on any atom is -0.489 e. The molecule has 2 aliphatic carbocycles. The number of carbonyl (C=O) groups is 1. The Hall–Kier alpha value is -3.71. The fraction of sp³-hybridized carbons (Fsp3) is 0.500. The molecule has 5 heterocycles. The summed E-state index contributed by atoms with van der Waals surface area (Å²) in [6.07, 6.45) is 12.8. The molecule has 4 atom stereocenters. The van der Waals surface area contributed by atoms with Crippen molar-refractivity contribution in [1.82, 2.24) is 24.9 Å². The average Bonchev–Trinajstić information content (AvgIpc) is 3.25. The fourth-order valence-corrected chi connectivity index (χ4v) is 6.61. The van der Waals surface area contributed by atoms with Crippen LogP contribution in [0.5, 0.6) is 5.75 Å². The second-order valence-electron chi connectivity index (χ2n) is 11.1. The third-order valence-corrected chi connectivity index (χ3v) is 7.77. The highest BCUT2D eigenvalue weighted by molar-refractivity contribution is 5.83. The largest absolute Gasteiger partial charge is 0.489 e. The number of aliphatic hydroxyl groups is 1. The van der Waals surface area contributed by atoms with Crippen LogP contribution in [-0.2, 0) is 4.79 Å². The first kappa shape index (κ1) is 22.7. The van der Waals surface area contributed by atoms with Crippen molar-refractivity contribution >= 4 is 17.7 Å². The van der Waals surface area contributed by atoms with Crippen LogP contribution in [0.15, 0.2) is 30.9 Å². The van der Waals surface area contributed by atoms with E-state index < -0.39 is 5.60 Å². The smallest absolute Gasteiger partial charge is 0.207 e. The number of rotatable bonds is 7. The van der Waals surface area contributed by atoms with Gasteiger partial charge in [-0.25, -0.2) is 9.50 Å². The highest BCUT2D eigenvalue weighted by atomic mass is 16.5. The molecular weight excluding hydrogens is 458 g/mol. The molecule has 0 spiro atoms. The van der Waals surface area contributed by atoms with Crippen LogP contribution in [0.2, 0.25) is 0 Å². The number of aromatic nitrogens is 4. The average molecular weight is 488 g/mol. The van der Waals surface area contributed by atoms with Crippen LogP contribution in [0.25, 0.3) is 16.8 Å². The molecule has 4 aliphatic rings. The van der Waals surface area contributed by atoms with Gasteiger partial charge < -0.3 is 20.1 Å². The Morgan fingerprint density at radius 3 is 2.67 bits per heavy atom. The summed E-state index contributed by atoms with van der Waals surface area (Å²) in [5, 5.41) is 27.1. The summed E-state index contributed by atoms with van der Waals surface area (Å²) < 4.78 is 7.42. The number of nitriles is 1. The molecule has 4 fully saturated rings. The van der Waals surface area contributed by atoms with Gasteiger partial charge in [0.1, 0.15) is 24.2 Å². The van der Waals surface area contributed by atoms with Crippen molar-refractivity contribution in [3.8, 4) is 23.1 Å². The van der Waals surface area contributed by atoms with E-state index in [0.29, 0.717) is 46.1 Å². The first-order valence-corrected chi connectivity index (χ1v) is 12.4. The van der Waals surface area contributed by atoms with E-state index in [4.69, 9.17) is 14.7 Å². The molecule has 3 aromatic heterocycles. The summed E-state index contributed by atoms with van der Waals surface area (Å²) in [7, 11) is 0. The van der Waals surface area contributed by atoms with E-state index in [1.54, 1.807) is 37.0 Å². The maximum Gasteiger partial charge on any atom is 0.207 e. The van der Waals surface area contributed by atoms with Crippen LogP contribution in [0.4, 0.5) is 5.82 Å². The quantitative estimate of drug-likeness (QED) is 0.486. The zero-order chi connectivity index (χ0) is 25.1. The lowest BCUT2D eigenvalue weighted by molar-refractivity contribution is -0.113. The number of amides is 1. The molecule has 2 saturated heterocycles. The Kier molecular flexibility index (Phi) is 5.16. The highest BCUT2D eigenvalue weighted by Gasteiger charge is 2.54. The fourth-order valence-electron chi connectivity index (χ4n) is 6.61. The van der Waals surface area contributed by atoms with Gasteiger partial charge in [-0.2, -0.15) is 10.4 Å². The van der Waals surface area contributed by atoms with E-state index in [2.05, 4.69) is 21.4 Å². The van der Waals surface area contributed by atoms with Crippen LogP contribution >= 0.6 is 0 Å². The van der Waals surface area contributed by atoms with Gasteiger partial charge in [0.2, 0.25) is 6.41 Å². The first-order chi connectivity index (χ1) is 17.3. The molecule has 7 rings (SSSR count). The molecule has 36 heavy (non-hydrogen) atoms. The van der Waals surface area contributed by atoms with Crippen LogP contribution in [0, 0.1) is 17.2 Å². The molecule has 1 amide bonds. The number of hydrogen-bond donors (Lipinski definition) is 2. The van der Waals surface area contributed by atoms with E-state index in [9.17, 15) is 15.2 Å². The molecule has 3 aromatic rings. The second kappa shape index (κ2) is 8.17. The minimum absolute atomic E-state index is 0.0764. The number of piperidine rings is 2. The van der Waals surface area contributed by atoms with Crippen LogP contribution in [0.3, 0.4) is 0 Å². The van der Waals surface area contributed by atoms with Crippen molar-refractivity contribution in [3.05, 3.63) is 36.4 Å². The Morgan fingerprint density at radius 1 is 1.25 bits per heavy atom. The number of carbonyl (C=O) groups excluding carboxylic acids is 1. The molecule has 10 heteroatoms. The lowest BCUT2D eigenvalue weighted by atomic mass is 9.59. The Balaban J connectivity index is 1.33. The zero-order valence-electron chi connectivity index (χ0n) is 20.4. The van der Waals surface area contributed by atoms with Crippen molar-refractivity contribution in [2.24, 2.45) is 5.92 Å². The number of anilines is 1. The van der Waals surface area contributed by atoms with Gasteiger partial charge in [-0.3, -0.25) is 9.78 Å². The van der Waals surface area contributed by atoms with Crippen molar-refractivity contribution in [3.63, 3.8) is 0 Å². The van der Waals surface area contributed by atoms with Crippen LogP contribution < -0.4 is 15.0 Å². The Bertz CT molecular complexity index is 1340. The van der Waals surface area contributed by atoms with E-state index in [0.717, 1.165) is 44.3 Å². The van der Waals surface area contributed by atoms with E-state index in [1.165, 1.54) is 6.20 Å². The minimum atomic E-state index is -0.995. The molecular formula is C26H29N7O3. The number of ether oxygens (including phenoxy) is 1. The maximum absolute atomic E-state index is 11.3. The van der Waals surface area contributed by atoms with E-state index >= 15 is 0 Å². The Labute approximate surface area is 208 Å². The molecule has 0 aromatic carbocycles.